The van der Waals surface area contributed by atoms with Crippen molar-refractivity contribution in [3.8, 4) is 0 Å². The highest BCUT2D eigenvalue weighted by Crippen LogP contribution is 2.19. The van der Waals surface area contributed by atoms with Crippen LogP contribution in [0, 0.1) is 13.8 Å². The monoisotopic (exact) mass is 304 g/mol. The number of aromatic nitrogens is 1. The van der Waals surface area contributed by atoms with E-state index in [1.165, 1.54) is 11.3 Å². The number of alkyl halides is 1. The minimum atomic E-state index is 0.0799. The summed E-state index contributed by atoms with van der Waals surface area (Å²) in [5.74, 6) is 0.0799. The van der Waals surface area contributed by atoms with Crippen LogP contribution in [-0.2, 0) is 0 Å². The molecule has 0 fully saturated rings. The van der Waals surface area contributed by atoms with Crippen LogP contribution in [0.5, 0.6) is 0 Å². The van der Waals surface area contributed by atoms with Crippen LogP contribution in [0.4, 0.5) is 0 Å². The van der Waals surface area contributed by atoms with Crippen LogP contribution in [0.3, 0.4) is 0 Å². The third kappa shape index (κ3) is 3.56. The van der Waals surface area contributed by atoms with Crippen LogP contribution in [0.1, 0.15) is 33.7 Å². The lowest BCUT2D eigenvalue weighted by atomic mass is 10.3. The minimum Gasteiger partial charge on any atom is -0.341 e. The molecule has 0 aliphatic heterocycles. The van der Waals surface area contributed by atoms with Gasteiger partial charge < -0.3 is 4.90 Å². The van der Waals surface area contributed by atoms with Crippen LogP contribution >= 0.6 is 27.3 Å². The fourth-order valence-electron chi connectivity index (χ4n) is 1.38. The van der Waals surface area contributed by atoms with Gasteiger partial charge in [-0.3, -0.25) is 4.79 Å². The zero-order valence-corrected chi connectivity index (χ0v) is 12.5. The van der Waals surface area contributed by atoms with Crippen molar-refractivity contribution < 1.29 is 4.79 Å². The van der Waals surface area contributed by atoms with Crippen molar-refractivity contribution in [2.24, 2.45) is 0 Å². The van der Waals surface area contributed by atoms with Crippen LogP contribution < -0.4 is 0 Å². The highest BCUT2D eigenvalue weighted by molar-refractivity contribution is 9.09. The van der Waals surface area contributed by atoms with Crippen molar-refractivity contribution in [1.29, 1.82) is 0 Å². The molecule has 0 N–H and O–H groups in total. The molecule has 1 unspecified atom stereocenters. The summed E-state index contributed by atoms with van der Waals surface area (Å²) in [5.41, 5.74) is 0.839. The number of nitrogens with zero attached hydrogens (tertiary/aromatic N) is 2. The molecule has 3 nitrogen and oxygen atoms in total. The molecular formula is C11H17BrN2OS. The number of rotatable bonds is 4. The summed E-state index contributed by atoms with van der Waals surface area (Å²) in [7, 11) is 1.84. The number of amides is 1. The zero-order valence-electron chi connectivity index (χ0n) is 10.1. The summed E-state index contributed by atoms with van der Waals surface area (Å²) in [6.07, 6.45) is 0.957. The quantitative estimate of drug-likeness (QED) is 0.801. The molecule has 0 saturated carbocycles. The third-order valence-electron chi connectivity index (χ3n) is 2.31. The number of carbonyl (C=O) groups is 1. The van der Waals surface area contributed by atoms with E-state index in [2.05, 4.69) is 27.8 Å². The van der Waals surface area contributed by atoms with Crippen molar-refractivity contribution >= 4 is 33.2 Å². The Morgan fingerprint density at radius 3 is 2.62 bits per heavy atom. The Morgan fingerprint density at radius 2 is 2.19 bits per heavy atom. The van der Waals surface area contributed by atoms with Gasteiger partial charge in [0.2, 0.25) is 0 Å². The maximum atomic E-state index is 12.1. The van der Waals surface area contributed by atoms with E-state index in [9.17, 15) is 4.79 Å². The zero-order chi connectivity index (χ0) is 12.3. The van der Waals surface area contributed by atoms with Crippen LogP contribution in [0.15, 0.2) is 0 Å². The third-order valence-corrected chi connectivity index (χ3v) is 3.83. The van der Waals surface area contributed by atoms with Crippen LogP contribution in [0.25, 0.3) is 0 Å². The Hall–Kier alpha value is -0.420. The lowest BCUT2D eigenvalue weighted by Gasteiger charge is -2.17. The highest BCUT2D eigenvalue weighted by Gasteiger charge is 2.17. The summed E-state index contributed by atoms with van der Waals surface area (Å²) in [6, 6.07) is 0. The molecule has 5 heteroatoms. The van der Waals surface area contributed by atoms with E-state index in [0.717, 1.165) is 28.5 Å². The smallest absolute Gasteiger partial charge is 0.265 e. The Kier molecular flexibility index (Phi) is 4.92. The molecule has 90 valence electrons. The summed E-state index contributed by atoms with van der Waals surface area (Å²) >= 11 is 4.95. The SMILES string of the molecule is Cc1nc(C)c(C(=O)N(C)CCC(C)Br)s1. The van der Waals surface area contributed by atoms with E-state index in [0.29, 0.717) is 4.83 Å². The second kappa shape index (κ2) is 5.77. The van der Waals surface area contributed by atoms with Gasteiger partial charge in [-0.05, 0) is 20.3 Å². The Bertz CT molecular complexity index is 376. The van der Waals surface area contributed by atoms with Crippen molar-refractivity contribution in [2.45, 2.75) is 32.0 Å². The van der Waals surface area contributed by atoms with E-state index < -0.39 is 0 Å². The molecule has 1 amide bonds. The van der Waals surface area contributed by atoms with E-state index in [1.54, 1.807) is 4.90 Å². The highest BCUT2D eigenvalue weighted by atomic mass is 79.9. The van der Waals surface area contributed by atoms with Crippen molar-refractivity contribution in [3.63, 3.8) is 0 Å². The second-order valence-electron chi connectivity index (χ2n) is 3.94. The first-order valence-electron chi connectivity index (χ1n) is 5.25. The molecule has 0 radical (unpaired) electrons. The molecule has 1 aromatic heterocycles. The second-order valence-corrected chi connectivity index (χ2v) is 6.71. The molecule has 0 bridgehead atoms. The van der Waals surface area contributed by atoms with Crippen LogP contribution in [-0.4, -0.2) is 34.2 Å². The standard InChI is InChI=1S/C11H17BrN2OS/c1-7(12)5-6-14(4)11(15)10-8(2)13-9(3)16-10/h7H,5-6H2,1-4H3. The van der Waals surface area contributed by atoms with Gasteiger partial charge in [0.05, 0.1) is 10.7 Å². The Morgan fingerprint density at radius 1 is 1.56 bits per heavy atom. The molecule has 0 aromatic carbocycles. The molecule has 1 heterocycles. The molecule has 1 rings (SSSR count). The normalized spacial score (nSPS) is 12.6. The van der Waals surface area contributed by atoms with Gasteiger partial charge in [-0.15, -0.1) is 11.3 Å². The van der Waals surface area contributed by atoms with Crippen molar-refractivity contribution in [3.05, 3.63) is 15.6 Å². The summed E-state index contributed by atoms with van der Waals surface area (Å²) < 4.78 is 0. The first-order chi connectivity index (χ1) is 7.41. The summed E-state index contributed by atoms with van der Waals surface area (Å²) in [4.78, 5) is 19.3. The van der Waals surface area contributed by atoms with Crippen molar-refractivity contribution in [2.75, 3.05) is 13.6 Å². The van der Waals surface area contributed by atoms with Gasteiger partial charge in [-0.1, -0.05) is 22.9 Å². The fourth-order valence-corrected chi connectivity index (χ4v) is 2.50. The Labute approximate surface area is 109 Å². The lowest BCUT2D eigenvalue weighted by molar-refractivity contribution is 0.0798. The maximum absolute atomic E-state index is 12.1. The Balaban J connectivity index is 2.67. The van der Waals surface area contributed by atoms with Gasteiger partial charge in [0.25, 0.3) is 5.91 Å². The van der Waals surface area contributed by atoms with Crippen LogP contribution in [0.2, 0.25) is 0 Å². The number of thiazole rings is 1. The molecule has 0 spiro atoms. The summed E-state index contributed by atoms with van der Waals surface area (Å²) in [5, 5.41) is 0.947. The van der Waals surface area contributed by atoms with Gasteiger partial charge >= 0.3 is 0 Å². The van der Waals surface area contributed by atoms with Crippen molar-refractivity contribution in [1.82, 2.24) is 9.88 Å². The molecular weight excluding hydrogens is 288 g/mol. The fraction of sp³-hybridized carbons (Fsp3) is 0.636. The van der Waals surface area contributed by atoms with E-state index >= 15 is 0 Å². The maximum Gasteiger partial charge on any atom is 0.265 e. The number of hydrogen-bond acceptors (Lipinski definition) is 3. The largest absolute Gasteiger partial charge is 0.341 e. The first kappa shape index (κ1) is 13.6. The number of carbonyl (C=O) groups excluding carboxylic acids is 1. The average Bonchev–Trinajstić information content (AvgIpc) is 2.53. The van der Waals surface area contributed by atoms with Gasteiger partial charge in [0.15, 0.2) is 0 Å². The molecule has 0 aliphatic carbocycles. The lowest BCUT2D eigenvalue weighted by Crippen LogP contribution is -2.28. The van der Waals surface area contributed by atoms with Gasteiger partial charge in [-0.25, -0.2) is 4.98 Å². The molecule has 1 atom stereocenters. The molecule has 0 saturated heterocycles. The average molecular weight is 305 g/mol. The van der Waals surface area contributed by atoms with E-state index in [-0.39, 0.29) is 5.91 Å². The molecule has 1 aromatic rings. The van der Waals surface area contributed by atoms with Gasteiger partial charge in [0.1, 0.15) is 4.88 Å². The van der Waals surface area contributed by atoms with Gasteiger partial charge in [-0.2, -0.15) is 0 Å². The predicted molar refractivity (Wildman–Crippen MR) is 71.6 cm³/mol. The number of hydrogen-bond donors (Lipinski definition) is 0. The number of halogens is 1. The van der Waals surface area contributed by atoms with E-state index in [4.69, 9.17) is 0 Å². The predicted octanol–water partition coefficient (Wildman–Crippen LogP) is 3.01. The summed E-state index contributed by atoms with van der Waals surface area (Å²) in [6.45, 7) is 6.66. The topological polar surface area (TPSA) is 33.2 Å². The minimum absolute atomic E-state index is 0.0799. The van der Waals surface area contributed by atoms with Gasteiger partial charge in [0, 0.05) is 18.4 Å². The number of aryl methyl sites for hydroxylation is 2. The van der Waals surface area contributed by atoms with E-state index in [1.807, 2.05) is 20.9 Å². The molecule has 0 aliphatic rings. The first-order valence-corrected chi connectivity index (χ1v) is 6.98. The molecule has 16 heavy (non-hydrogen) atoms.